The minimum Gasteiger partial charge on any atom is -0.356 e. The Balaban J connectivity index is 2.44. The highest BCUT2D eigenvalue weighted by atomic mass is 19.2. The van der Waals surface area contributed by atoms with Crippen LogP contribution in [0.4, 0.5) is 8.78 Å². The van der Waals surface area contributed by atoms with Crippen molar-refractivity contribution in [2.45, 2.75) is 38.8 Å². The molecule has 1 heterocycles. The maximum Gasteiger partial charge on any atom is 0.233 e. The monoisotopic (exact) mass is 206 g/mol. The lowest BCUT2D eigenvalue weighted by molar-refractivity contribution is -0.333. The number of ketones is 1. The van der Waals surface area contributed by atoms with Gasteiger partial charge in [-0.05, 0) is 19.4 Å². The molecule has 1 saturated heterocycles. The number of alkyl halides is 2. The van der Waals surface area contributed by atoms with Crippen LogP contribution in [-0.4, -0.2) is 30.7 Å². The molecule has 0 aromatic rings. The standard InChI is InChI=1S/C9H12F2O3/c1-4(2)6(12)5(3)13-7-8(10)14-9(7)11/h5,7-9H,1H2,2-3H3. The fourth-order valence-electron chi connectivity index (χ4n) is 1.08. The van der Waals surface area contributed by atoms with Crippen LogP contribution in [0.5, 0.6) is 0 Å². The lowest BCUT2D eigenvalue weighted by atomic mass is 10.1. The highest BCUT2D eigenvalue weighted by Gasteiger charge is 2.46. The second kappa shape index (κ2) is 4.14. The van der Waals surface area contributed by atoms with Crippen molar-refractivity contribution in [3.8, 4) is 0 Å². The summed E-state index contributed by atoms with van der Waals surface area (Å²) in [7, 11) is 0. The van der Waals surface area contributed by atoms with Crippen LogP contribution in [0.15, 0.2) is 12.2 Å². The molecule has 0 aliphatic carbocycles. The van der Waals surface area contributed by atoms with Crippen molar-refractivity contribution in [3.63, 3.8) is 0 Å². The van der Waals surface area contributed by atoms with E-state index in [9.17, 15) is 13.6 Å². The van der Waals surface area contributed by atoms with Crippen molar-refractivity contribution in [3.05, 3.63) is 12.2 Å². The number of Topliss-reactive ketones (excluding diaryl/α,β-unsaturated/α-hetero) is 1. The quantitative estimate of drug-likeness (QED) is 0.654. The molecule has 1 aliphatic rings. The van der Waals surface area contributed by atoms with Gasteiger partial charge in [-0.25, -0.2) is 8.78 Å². The summed E-state index contributed by atoms with van der Waals surface area (Å²) < 4.78 is 33.9. The molecule has 0 amide bonds. The van der Waals surface area contributed by atoms with Gasteiger partial charge in [0, 0.05) is 0 Å². The van der Waals surface area contributed by atoms with E-state index in [-0.39, 0.29) is 5.78 Å². The topological polar surface area (TPSA) is 35.5 Å². The molecule has 0 spiro atoms. The lowest BCUT2D eigenvalue weighted by Crippen LogP contribution is -2.52. The van der Waals surface area contributed by atoms with Crippen LogP contribution in [0.1, 0.15) is 13.8 Å². The molecule has 0 bridgehead atoms. The van der Waals surface area contributed by atoms with E-state index in [0.717, 1.165) is 0 Å². The van der Waals surface area contributed by atoms with E-state index in [1.807, 2.05) is 0 Å². The van der Waals surface area contributed by atoms with Gasteiger partial charge in [-0.3, -0.25) is 4.79 Å². The highest BCUT2D eigenvalue weighted by Crippen LogP contribution is 2.28. The number of hydrogen-bond acceptors (Lipinski definition) is 3. The molecule has 5 heteroatoms. The summed E-state index contributed by atoms with van der Waals surface area (Å²) in [6.07, 6.45) is -5.76. The van der Waals surface area contributed by atoms with E-state index < -0.39 is 24.9 Å². The Kier molecular flexibility index (Phi) is 3.34. The second-order valence-corrected chi connectivity index (χ2v) is 3.23. The average Bonchev–Trinajstić information content (AvgIpc) is 2.12. The normalized spacial score (nSPS) is 33.3. The summed E-state index contributed by atoms with van der Waals surface area (Å²) in [6, 6.07) is 0. The van der Waals surface area contributed by atoms with Crippen molar-refractivity contribution in [2.24, 2.45) is 0 Å². The van der Waals surface area contributed by atoms with Gasteiger partial charge in [0.05, 0.1) is 0 Å². The third-order valence-corrected chi connectivity index (χ3v) is 1.93. The largest absolute Gasteiger partial charge is 0.356 e. The first kappa shape index (κ1) is 11.3. The maximum atomic E-state index is 12.5. The summed E-state index contributed by atoms with van der Waals surface area (Å²) in [5, 5.41) is 0. The zero-order valence-electron chi connectivity index (χ0n) is 8.00. The number of carbonyl (C=O) groups is 1. The molecule has 0 aromatic carbocycles. The molecule has 3 unspecified atom stereocenters. The highest BCUT2D eigenvalue weighted by molar-refractivity contribution is 5.97. The van der Waals surface area contributed by atoms with Crippen LogP contribution in [0.3, 0.4) is 0 Å². The molecule has 0 aromatic heterocycles. The summed E-state index contributed by atoms with van der Waals surface area (Å²) >= 11 is 0. The van der Waals surface area contributed by atoms with E-state index in [1.54, 1.807) is 0 Å². The summed E-state index contributed by atoms with van der Waals surface area (Å²) in [5.41, 5.74) is 0.295. The molecule has 0 N–H and O–H groups in total. The first-order chi connectivity index (χ1) is 6.43. The van der Waals surface area contributed by atoms with Crippen LogP contribution in [0.2, 0.25) is 0 Å². The molecule has 1 rings (SSSR count). The zero-order valence-corrected chi connectivity index (χ0v) is 8.00. The summed E-state index contributed by atoms with van der Waals surface area (Å²) in [5.74, 6) is -0.365. The van der Waals surface area contributed by atoms with Crippen LogP contribution in [0, 0.1) is 0 Å². The first-order valence-electron chi connectivity index (χ1n) is 4.22. The summed E-state index contributed by atoms with van der Waals surface area (Å²) in [6.45, 7) is 6.36. The molecule has 80 valence electrons. The Morgan fingerprint density at radius 2 is 2.00 bits per heavy atom. The first-order valence-corrected chi connectivity index (χ1v) is 4.22. The van der Waals surface area contributed by atoms with E-state index >= 15 is 0 Å². The van der Waals surface area contributed by atoms with Gasteiger partial charge >= 0.3 is 0 Å². The molecule has 1 fully saturated rings. The van der Waals surface area contributed by atoms with Gasteiger partial charge in [0.2, 0.25) is 12.7 Å². The Hall–Kier alpha value is -0.810. The van der Waals surface area contributed by atoms with Gasteiger partial charge < -0.3 is 9.47 Å². The number of halogens is 2. The van der Waals surface area contributed by atoms with Gasteiger partial charge in [-0.2, -0.15) is 0 Å². The minimum absolute atomic E-state index is 0.295. The Morgan fingerprint density at radius 3 is 2.36 bits per heavy atom. The van der Waals surface area contributed by atoms with Crippen LogP contribution in [-0.2, 0) is 14.3 Å². The van der Waals surface area contributed by atoms with Crippen LogP contribution in [0.25, 0.3) is 0 Å². The molecular weight excluding hydrogens is 194 g/mol. The fraction of sp³-hybridized carbons (Fsp3) is 0.667. The van der Waals surface area contributed by atoms with Gasteiger partial charge in [0.1, 0.15) is 6.10 Å². The van der Waals surface area contributed by atoms with E-state index in [4.69, 9.17) is 4.74 Å². The van der Waals surface area contributed by atoms with Gasteiger partial charge in [-0.15, -0.1) is 0 Å². The molecule has 0 saturated carbocycles. The molecule has 3 atom stereocenters. The van der Waals surface area contributed by atoms with E-state index in [2.05, 4.69) is 11.3 Å². The predicted octanol–water partition coefficient (Wildman–Crippen LogP) is 1.53. The van der Waals surface area contributed by atoms with Gasteiger partial charge in [-0.1, -0.05) is 6.58 Å². The van der Waals surface area contributed by atoms with Crippen molar-refractivity contribution < 1.29 is 23.0 Å². The Bertz CT molecular complexity index is 246. The van der Waals surface area contributed by atoms with E-state index in [0.29, 0.717) is 5.57 Å². The van der Waals surface area contributed by atoms with E-state index in [1.165, 1.54) is 13.8 Å². The predicted molar refractivity (Wildman–Crippen MR) is 45.0 cm³/mol. The molecule has 14 heavy (non-hydrogen) atoms. The average molecular weight is 206 g/mol. The molecule has 3 nitrogen and oxygen atoms in total. The molecular formula is C9H12F2O3. The number of carbonyl (C=O) groups excluding carboxylic acids is 1. The summed E-state index contributed by atoms with van der Waals surface area (Å²) in [4.78, 5) is 11.2. The second-order valence-electron chi connectivity index (χ2n) is 3.23. The Labute approximate surface area is 80.7 Å². The van der Waals surface area contributed by atoms with Gasteiger partial charge in [0.15, 0.2) is 11.9 Å². The van der Waals surface area contributed by atoms with Crippen LogP contribution >= 0.6 is 0 Å². The van der Waals surface area contributed by atoms with Crippen molar-refractivity contribution >= 4 is 5.78 Å². The third-order valence-electron chi connectivity index (χ3n) is 1.93. The van der Waals surface area contributed by atoms with Crippen LogP contribution < -0.4 is 0 Å². The van der Waals surface area contributed by atoms with Crippen molar-refractivity contribution in [1.29, 1.82) is 0 Å². The third kappa shape index (κ3) is 2.16. The molecule has 0 radical (unpaired) electrons. The minimum atomic E-state index is -1.79. The van der Waals surface area contributed by atoms with Gasteiger partial charge in [0.25, 0.3) is 0 Å². The smallest absolute Gasteiger partial charge is 0.233 e. The Morgan fingerprint density at radius 1 is 1.50 bits per heavy atom. The zero-order chi connectivity index (χ0) is 10.9. The molecule has 1 aliphatic heterocycles. The number of rotatable bonds is 4. The lowest BCUT2D eigenvalue weighted by Gasteiger charge is -2.35. The number of ether oxygens (including phenoxy) is 2. The maximum absolute atomic E-state index is 12.5. The number of hydrogen-bond donors (Lipinski definition) is 0. The van der Waals surface area contributed by atoms with Crippen molar-refractivity contribution in [1.82, 2.24) is 0 Å². The SMILES string of the molecule is C=C(C)C(=O)C(C)OC1C(F)OC1F. The van der Waals surface area contributed by atoms with Crippen molar-refractivity contribution in [2.75, 3.05) is 0 Å². The fourth-order valence-corrected chi connectivity index (χ4v) is 1.08.